The summed E-state index contributed by atoms with van der Waals surface area (Å²) in [5.41, 5.74) is 3.14. The van der Waals surface area contributed by atoms with Crippen molar-refractivity contribution in [3.63, 3.8) is 0 Å². The number of aliphatic hydroxyl groups excluding tert-OH is 2. The lowest BCUT2D eigenvalue weighted by molar-refractivity contribution is -0.208. The maximum Gasteiger partial charge on any atom is 0.113 e. The highest BCUT2D eigenvalue weighted by Crippen LogP contribution is 2.32. The highest BCUT2D eigenvalue weighted by Gasteiger charge is 2.45. The van der Waals surface area contributed by atoms with Crippen molar-refractivity contribution in [3.8, 4) is 0 Å². The molecule has 5 atom stereocenters. The SMILES string of the molecule is O[C@H]1[C@@H](OCc2ccccc2)[C@H](OCc2ccccc2)[C@@H](COCc2ccccc2)C[C@@H]1O. The van der Waals surface area contributed by atoms with Crippen molar-refractivity contribution in [3.05, 3.63) is 108 Å². The van der Waals surface area contributed by atoms with Crippen LogP contribution in [0.1, 0.15) is 23.1 Å². The van der Waals surface area contributed by atoms with E-state index in [1.54, 1.807) is 0 Å². The maximum atomic E-state index is 10.8. The molecule has 1 saturated carbocycles. The summed E-state index contributed by atoms with van der Waals surface area (Å²) in [5, 5.41) is 21.4. The zero-order valence-corrected chi connectivity index (χ0v) is 18.7. The molecule has 0 aromatic heterocycles. The van der Waals surface area contributed by atoms with E-state index in [1.807, 2.05) is 91.0 Å². The van der Waals surface area contributed by atoms with Gasteiger partial charge in [-0.15, -0.1) is 0 Å². The van der Waals surface area contributed by atoms with Gasteiger partial charge in [-0.1, -0.05) is 91.0 Å². The van der Waals surface area contributed by atoms with Crippen LogP contribution < -0.4 is 0 Å². The van der Waals surface area contributed by atoms with Crippen LogP contribution in [0.5, 0.6) is 0 Å². The van der Waals surface area contributed by atoms with Crippen LogP contribution in [0.4, 0.5) is 0 Å². The van der Waals surface area contributed by atoms with Crippen molar-refractivity contribution < 1.29 is 24.4 Å². The summed E-state index contributed by atoms with van der Waals surface area (Å²) in [6.45, 7) is 1.62. The van der Waals surface area contributed by atoms with Crippen molar-refractivity contribution in [2.45, 2.75) is 50.7 Å². The van der Waals surface area contributed by atoms with Crippen LogP contribution in [0, 0.1) is 5.92 Å². The first kappa shape index (κ1) is 23.6. The molecular formula is C28H32O5. The number of hydrogen-bond acceptors (Lipinski definition) is 5. The molecule has 0 unspecified atom stereocenters. The van der Waals surface area contributed by atoms with Gasteiger partial charge < -0.3 is 24.4 Å². The van der Waals surface area contributed by atoms with Gasteiger partial charge in [-0.25, -0.2) is 0 Å². The number of rotatable bonds is 10. The standard InChI is InChI=1S/C28H32O5/c29-25-16-24(20-31-17-21-10-4-1-5-11-21)27(32-18-22-12-6-2-7-13-22)28(26(25)30)33-19-23-14-8-3-9-15-23/h1-15,24-30H,16-20H2/t24-,25+,26-,27-,28-/m1/s1. The van der Waals surface area contributed by atoms with Gasteiger partial charge in [0, 0.05) is 5.92 Å². The zero-order valence-electron chi connectivity index (χ0n) is 18.7. The number of aliphatic hydroxyl groups is 2. The summed E-state index contributed by atoms with van der Waals surface area (Å²) in [6, 6.07) is 29.7. The average Bonchev–Trinajstić information content (AvgIpc) is 2.86. The Morgan fingerprint density at radius 1 is 0.606 bits per heavy atom. The third kappa shape index (κ3) is 6.73. The van der Waals surface area contributed by atoms with Crippen LogP contribution in [-0.4, -0.2) is 41.2 Å². The van der Waals surface area contributed by atoms with E-state index >= 15 is 0 Å². The first-order chi connectivity index (χ1) is 16.2. The van der Waals surface area contributed by atoms with Crippen LogP contribution in [0.25, 0.3) is 0 Å². The largest absolute Gasteiger partial charge is 0.390 e. The van der Waals surface area contributed by atoms with Crippen LogP contribution in [0.15, 0.2) is 91.0 Å². The molecule has 1 aliphatic rings. The molecule has 3 aromatic rings. The molecule has 1 aliphatic carbocycles. The number of hydrogen-bond donors (Lipinski definition) is 2. The van der Waals surface area contributed by atoms with Crippen molar-refractivity contribution in [2.24, 2.45) is 5.92 Å². The molecule has 174 valence electrons. The Morgan fingerprint density at radius 3 is 1.58 bits per heavy atom. The van der Waals surface area contributed by atoms with Gasteiger partial charge in [-0.05, 0) is 23.1 Å². The first-order valence-electron chi connectivity index (χ1n) is 11.5. The van der Waals surface area contributed by atoms with E-state index in [0.717, 1.165) is 16.7 Å². The number of ether oxygens (including phenoxy) is 3. The van der Waals surface area contributed by atoms with E-state index in [1.165, 1.54) is 0 Å². The molecule has 4 rings (SSSR count). The molecule has 0 heterocycles. The molecule has 3 aromatic carbocycles. The first-order valence-corrected chi connectivity index (χ1v) is 11.5. The fourth-order valence-corrected chi connectivity index (χ4v) is 4.29. The zero-order chi connectivity index (χ0) is 22.9. The average molecular weight is 449 g/mol. The van der Waals surface area contributed by atoms with Crippen LogP contribution in [-0.2, 0) is 34.0 Å². The van der Waals surface area contributed by atoms with E-state index in [9.17, 15) is 10.2 Å². The normalized spacial score (nSPS) is 25.1. The third-order valence-electron chi connectivity index (χ3n) is 6.08. The smallest absolute Gasteiger partial charge is 0.113 e. The summed E-state index contributed by atoms with van der Waals surface area (Å²) in [7, 11) is 0. The molecule has 0 bridgehead atoms. The summed E-state index contributed by atoms with van der Waals surface area (Å²) in [5.74, 6) is -0.114. The van der Waals surface area contributed by atoms with Crippen molar-refractivity contribution >= 4 is 0 Å². The van der Waals surface area contributed by atoms with E-state index < -0.39 is 24.4 Å². The van der Waals surface area contributed by atoms with Gasteiger partial charge in [0.1, 0.15) is 12.2 Å². The second kappa shape index (κ2) is 12.1. The maximum absolute atomic E-state index is 10.8. The molecule has 0 saturated heterocycles. The Labute approximate surface area is 195 Å². The Morgan fingerprint density at radius 2 is 1.06 bits per heavy atom. The highest BCUT2D eigenvalue weighted by atomic mass is 16.6. The van der Waals surface area contributed by atoms with E-state index in [2.05, 4.69) is 0 Å². The quantitative estimate of drug-likeness (QED) is 0.489. The Hall–Kier alpha value is -2.54. The summed E-state index contributed by atoms with van der Waals surface area (Å²) in [4.78, 5) is 0. The fraction of sp³-hybridized carbons (Fsp3) is 0.357. The van der Waals surface area contributed by atoms with Gasteiger partial charge in [0.25, 0.3) is 0 Å². The van der Waals surface area contributed by atoms with Crippen molar-refractivity contribution in [1.82, 2.24) is 0 Å². The van der Waals surface area contributed by atoms with Gasteiger partial charge >= 0.3 is 0 Å². The van der Waals surface area contributed by atoms with E-state index in [4.69, 9.17) is 14.2 Å². The minimum absolute atomic E-state index is 0.114. The Kier molecular flexibility index (Phi) is 8.64. The molecule has 0 amide bonds. The second-order valence-electron chi connectivity index (χ2n) is 8.58. The van der Waals surface area contributed by atoms with Gasteiger partial charge in [0.2, 0.25) is 0 Å². The van der Waals surface area contributed by atoms with Gasteiger partial charge in [0.05, 0.1) is 38.6 Å². The summed E-state index contributed by atoms with van der Waals surface area (Å²) in [6.07, 6.45) is -2.61. The molecule has 5 heteroatoms. The molecule has 0 spiro atoms. The Balaban J connectivity index is 1.46. The van der Waals surface area contributed by atoms with Crippen molar-refractivity contribution in [2.75, 3.05) is 6.61 Å². The van der Waals surface area contributed by atoms with Gasteiger partial charge in [-0.2, -0.15) is 0 Å². The lowest BCUT2D eigenvalue weighted by Crippen LogP contribution is -2.56. The molecule has 5 nitrogen and oxygen atoms in total. The Bertz CT molecular complexity index is 934. The molecular weight excluding hydrogens is 416 g/mol. The lowest BCUT2D eigenvalue weighted by atomic mass is 9.81. The molecule has 2 N–H and O–H groups in total. The fourth-order valence-electron chi connectivity index (χ4n) is 4.29. The molecule has 33 heavy (non-hydrogen) atoms. The predicted molar refractivity (Wildman–Crippen MR) is 126 cm³/mol. The van der Waals surface area contributed by atoms with Gasteiger partial charge in [-0.3, -0.25) is 0 Å². The number of benzene rings is 3. The van der Waals surface area contributed by atoms with Crippen LogP contribution in [0.3, 0.4) is 0 Å². The third-order valence-corrected chi connectivity index (χ3v) is 6.08. The topological polar surface area (TPSA) is 68.2 Å². The van der Waals surface area contributed by atoms with Crippen LogP contribution in [0.2, 0.25) is 0 Å². The monoisotopic (exact) mass is 448 g/mol. The molecule has 1 fully saturated rings. The predicted octanol–water partition coefficient (Wildman–Crippen LogP) is 4.12. The molecule has 0 radical (unpaired) electrons. The lowest BCUT2D eigenvalue weighted by Gasteiger charge is -2.43. The second-order valence-corrected chi connectivity index (χ2v) is 8.58. The van der Waals surface area contributed by atoms with Crippen LogP contribution >= 0.6 is 0 Å². The van der Waals surface area contributed by atoms with Crippen molar-refractivity contribution in [1.29, 1.82) is 0 Å². The summed E-state index contributed by atoms with van der Waals surface area (Å²) >= 11 is 0. The summed E-state index contributed by atoms with van der Waals surface area (Å²) < 4.78 is 18.5. The highest BCUT2D eigenvalue weighted by molar-refractivity contribution is 5.15. The van der Waals surface area contributed by atoms with E-state index in [0.29, 0.717) is 32.8 Å². The van der Waals surface area contributed by atoms with Gasteiger partial charge in [0.15, 0.2) is 0 Å². The minimum Gasteiger partial charge on any atom is -0.390 e. The van der Waals surface area contributed by atoms with E-state index in [-0.39, 0.29) is 5.92 Å². The minimum atomic E-state index is -1.03. The molecule has 0 aliphatic heterocycles.